The SMILES string of the molecule is CC(C(=O)Nc1ccc(C(=O)O)c(Cl)c1)=C1CNC1. The van der Waals surface area contributed by atoms with E-state index in [1.165, 1.54) is 18.2 Å². The molecule has 0 aliphatic carbocycles. The van der Waals surface area contributed by atoms with E-state index in [-0.39, 0.29) is 16.5 Å². The molecule has 0 atom stereocenters. The number of aromatic carboxylic acids is 1. The molecule has 19 heavy (non-hydrogen) atoms. The minimum absolute atomic E-state index is 0.0120. The smallest absolute Gasteiger partial charge is 0.337 e. The molecule has 2 rings (SSSR count). The molecule has 3 N–H and O–H groups in total. The van der Waals surface area contributed by atoms with Gasteiger partial charge in [0, 0.05) is 24.4 Å². The second kappa shape index (κ2) is 5.42. The Bertz CT molecular complexity index is 575. The van der Waals surface area contributed by atoms with Gasteiger partial charge in [-0.1, -0.05) is 11.6 Å². The standard InChI is InChI=1S/C13H13ClN2O3/c1-7(8-5-15-6-8)12(17)16-9-2-3-10(13(18)19)11(14)4-9/h2-4,15H,5-6H2,1H3,(H,16,17)(H,18,19). The third-order valence-electron chi connectivity index (χ3n) is 3.01. The zero-order chi connectivity index (χ0) is 14.0. The predicted octanol–water partition coefficient (Wildman–Crippen LogP) is 1.90. The zero-order valence-corrected chi connectivity index (χ0v) is 11.0. The molecular weight excluding hydrogens is 268 g/mol. The maximum Gasteiger partial charge on any atom is 0.337 e. The first-order chi connectivity index (χ1) is 8.99. The van der Waals surface area contributed by atoms with Crippen LogP contribution < -0.4 is 10.6 Å². The van der Waals surface area contributed by atoms with Gasteiger partial charge in [-0.3, -0.25) is 4.79 Å². The summed E-state index contributed by atoms with van der Waals surface area (Å²) in [6.07, 6.45) is 0. The van der Waals surface area contributed by atoms with Gasteiger partial charge >= 0.3 is 5.97 Å². The van der Waals surface area contributed by atoms with Crippen molar-refractivity contribution >= 4 is 29.2 Å². The van der Waals surface area contributed by atoms with Crippen molar-refractivity contribution in [1.29, 1.82) is 0 Å². The first-order valence-corrected chi connectivity index (χ1v) is 6.10. The quantitative estimate of drug-likeness (QED) is 0.739. The molecule has 1 aliphatic heterocycles. The molecule has 1 amide bonds. The van der Waals surface area contributed by atoms with Crippen LogP contribution >= 0.6 is 11.6 Å². The van der Waals surface area contributed by atoms with Gasteiger partial charge in [0.15, 0.2) is 0 Å². The van der Waals surface area contributed by atoms with Crippen LogP contribution in [0.25, 0.3) is 0 Å². The number of benzene rings is 1. The molecule has 100 valence electrons. The highest BCUT2D eigenvalue weighted by atomic mass is 35.5. The summed E-state index contributed by atoms with van der Waals surface area (Å²) in [5.74, 6) is -1.29. The molecule has 0 radical (unpaired) electrons. The lowest BCUT2D eigenvalue weighted by atomic mass is 10.0. The van der Waals surface area contributed by atoms with Crippen molar-refractivity contribution in [3.8, 4) is 0 Å². The van der Waals surface area contributed by atoms with E-state index in [0.717, 1.165) is 18.7 Å². The predicted molar refractivity (Wildman–Crippen MR) is 72.6 cm³/mol. The molecule has 1 aliphatic rings. The Hall–Kier alpha value is -1.85. The molecule has 6 heteroatoms. The van der Waals surface area contributed by atoms with Crippen LogP contribution in [0.2, 0.25) is 5.02 Å². The minimum Gasteiger partial charge on any atom is -0.478 e. The normalized spacial score (nSPS) is 13.7. The second-order valence-corrected chi connectivity index (χ2v) is 4.69. The lowest BCUT2D eigenvalue weighted by Crippen LogP contribution is -2.36. The number of carboxylic acids is 1. The fourth-order valence-corrected chi connectivity index (χ4v) is 1.93. The Balaban J connectivity index is 2.13. The van der Waals surface area contributed by atoms with Gasteiger partial charge in [-0.05, 0) is 30.7 Å². The van der Waals surface area contributed by atoms with Crippen molar-refractivity contribution in [1.82, 2.24) is 5.32 Å². The Labute approximate surface area is 115 Å². The van der Waals surface area contributed by atoms with Crippen LogP contribution in [0.4, 0.5) is 5.69 Å². The van der Waals surface area contributed by atoms with Crippen LogP contribution in [-0.4, -0.2) is 30.1 Å². The van der Waals surface area contributed by atoms with Crippen LogP contribution in [0.15, 0.2) is 29.3 Å². The highest BCUT2D eigenvalue weighted by Gasteiger charge is 2.16. The third kappa shape index (κ3) is 2.94. The Kier molecular flexibility index (Phi) is 3.87. The molecule has 0 saturated carbocycles. The monoisotopic (exact) mass is 280 g/mol. The molecule has 1 heterocycles. The zero-order valence-electron chi connectivity index (χ0n) is 10.3. The van der Waals surface area contributed by atoms with E-state index in [1.807, 2.05) is 0 Å². The van der Waals surface area contributed by atoms with Gasteiger partial charge in [-0.25, -0.2) is 4.79 Å². The van der Waals surface area contributed by atoms with Crippen molar-refractivity contribution in [3.63, 3.8) is 0 Å². The van der Waals surface area contributed by atoms with Gasteiger partial charge in [0.25, 0.3) is 5.91 Å². The summed E-state index contributed by atoms with van der Waals surface area (Å²) < 4.78 is 0. The highest BCUT2D eigenvalue weighted by Crippen LogP contribution is 2.21. The lowest BCUT2D eigenvalue weighted by Gasteiger charge is -2.21. The summed E-state index contributed by atoms with van der Waals surface area (Å²) in [4.78, 5) is 22.7. The number of hydrogen-bond donors (Lipinski definition) is 3. The fraction of sp³-hybridized carbons (Fsp3) is 0.231. The molecule has 1 fully saturated rings. The fourth-order valence-electron chi connectivity index (χ4n) is 1.67. The molecule has 5 nitrogen and oxygen atoms in total. The van der Waals surface area contributed by atoms with E-state index >= 15 is 0 Å². The number of carbonyl (C=O) groups excluding carboxylic acids is 1. The highest BCUT2D eigenvalue weighted by molar-refractivity contribution is 6.33. The van der Waals surface area contributed by atoms with Gasteiger partial charge in [-0.15, -0.1) is 0 Å². The third-order valence-corrected chi connectivity index (χ3v) is 3.32. The first-order valence-electron chi connectivity index (χ1n) is 5.72. The molecule has 1 aromatic rings. The summed E-state index contributed by atoms with van der Waals surface area (Å²) in [6, 6.07) is 4.32. The molecule has 1 saturated heterocycles. The van der Waals surface area contributed by atoms with E-state index in [1.54, 1.807) is 6.92 Å². The largest absolute Gasteiger partial charge is 0.478 e. The number of anilines is 1. The number of nitrogens with one attached hydrogen (secondary N) is 2. The molecule has 0 spiro atoms. The average molecular weight is 281 g/mol. The topological polar surface area (TPSA) is 78.4 Å². The van der Waals surface area contributed by atoms with Gasteiger partial charge in [-0.2, -0.15) is 0 Å². The number of halogens is 1. The number of rotatable bonds is 3. The van der Waals surface area contributed by atoms with Crippen LogP contribution in [0.3, 0.4) is 0 Å². The van der Waals surface area contributed by atoms with Crippen LogP contribution in [0.5, 0.6) is 0 Å². The Morgan fingerprint density at radius 1 is 1.37 bits per heavy atom. The van der Waals surface area contributed by atoms with Crippen molar-refractivity contribution in [2.24, 2.45) is 0 Å². The van der Waals surface area contributed by atoms with E-state index in [4.69, 9.17) is 16.7 Å². The van der Waals surface area contributed by atoms with Gasteiger partial charge in [0.2, 0.25) is 0 Å². The van der Waals surface area contributed by atoms with Crippen molar-refractivity contribution < 1.29 is 14.7 Å². The van der Waals surface area contributed by atoms with Crippen LogP contribution in [0, 0.1) is 0 Å². The first kappa shape index (κ1) is 13.6. The maximum atomic E-state index is 11.9. The number of amides is 1. The van der Waals surface area contributed by atoms with Gasteiger partial charge < -0.3 is 15.7 Å². The molecule has 0 bridgehead atoms. The van der Waals surface area contributed by atoms with Crippen molar-refractivity contribution in [2.75, 3.05) is 18.4 Å². The second-order valence-electron chi connectivity index (χ2n) is 4.29. The number of hydrogen-bond acceptors (Lipinski definition) is 3. The molecular formula is C13H13ClN2O3. The van der Waals surface area contributed by atoms with E-state index in [0.29, 0.717) is 11.3 Å². The summed E-state index contributed by atoms with van der Waals surface area (Å²) in [7, 11) is 0. The Morgan fingerprint density at radius 3 is 2.53 bits per heavy atom. The van der Waals surface area contributed by atoms with Gasteiger partial charge in [0.1, 0.15) is 0 Å². The van der Waals surface area contributed by atoms with E-state index in [9.17, 15) is 9.59 Å². The van der Waals surface area contributed by atoms with Crippen LogP contribution in [0.1, 0.15) is 17.3 Å². The molecule has 1 aromatic carbocycles. The Morgan fingerprint density at radius 2 is 2.05 bits per heavy atom. The minimum atomic E-state index is -1.10. The number of carboxylic acid groups (broad SMARTS) is 1. The summed E-state index contributed by atoms with van der Waals surface area (Å²) in [6.45, 7) is 3.23. The maximum absolute atomic E-state index is 11.9. The van der Waals surface area contributed by atoms with E-state index in [2.05, 4.69) is 10.6 Å². The van der Waals surface area contributed by atoms with Crippen LogP contribution in [-0.2, 0) is 4.79 Å². The molecule has 0 aromatic heterocycles. The van der Waals surface area contributed by atoms with Crippen molar-refractivity contribution in [2.45, 2.75) is 6.92 Å². The summed E-state index contributed by atoms with van der Waals surface area (Å²) >= 11 is 5.83. The van der Waals surface area contributed by atoms with Gasteiger partial charge in [0.05, 0.1) is 10.6 Å². The lowest BCUT2D eigenvalue weighted by molar-refractivity contribution is -0.112. The summed E-state index contributed by atoms with van der Waals surface area (Å²) in [5, 5.41) is 14.7. The average Bonchev–Trinajstić information content (AvgIpc) is 2.25. The van der Waals surface area contributed by atoms with E-state index < -0.39 is 5.97 Å². The van der Waals surface area contributed by atoms with Crippen molar-refractivity contribution in [3.05, 3.63) is 39.9 Å². The number of carbonyl (C=O) groups is 2. The summed E-state index contributed by atoms with van der Waals surface area (Å²) in [5.41, 5.74) is 2.24. The molecule has 0 unspecified atom stereocenters.